The molecule has 1 rings (SSSR count). The van der Waals surface area contributed by atoms with Crippen LogP contribution in [-0.2, 0) is 9.53 Å². The van der Waals surface area contributed by atoms with E-state index in [1.54, 1.807) is 0 Å². The molecule has 0 aromatic heterocycles. The van der Waals surface area contributed by atoms with Crippen LogP contribution in [0.5, 0.6) is 0 Å². The predicted octanol–water partition coefficient (Wildman–Crippen LogP) is 5.88. The third-order valence-corrected chi connectivity index (χ3v) is 4.58. The number of unbranched alkanes of at least 4 members (excludes halogenated alkanes) is 9. The average molecular weight is 325 g/mol. The summed E-state index contributed by atoms with van der Waals surface area (Å²) in [6.45, 7) is 2.24. The van der Waals surface area contributed by atoms with Crippen molar-refractivity contribution in [3.63, 3.8) is 0 Å². The van der Waals surface area contributed by atoms with E-state index in [-0.39, 0.29) is 0 Å². The molecule has 2 atom stereocenters. The summed E-state index contributed by atoms with van der Waals surface area (Å²) in [6, 6.07) is 0. The van der Waals surface area contributed by atoms with Crippen molar-refractivity contribution in [3.8, 4) is 0 Å². The zero-order valence-electron chi connectivity index (χ0n) is 15.0. The Balaban J connectivity index is 1.77. The highest BCUT2D eigenvalue weighted by Gasteiger charge is 2.36. The van der Waals surface area contributed by atoms with Crippen LogP contribution in [0.15, 0.2) is 12.2 Å². The fraction of sp³-hybridized carbons (Fsp3) is 0.850. The van der Waals surface area contributed by atoms with E-state index in [4.69, 9.17) is 9.84 Å². The van der Waals surface area contributed by atoms with Gasteiger partial charge in [-0.05, 0) is 32.1 Å². The summed E-state index contributed by atoms with van der Waals surface area (Å²) in [4.78, 5) is 10.4. The highest BCUT2D eigenvalue weighted by Crippen LogP contribution is 2.30. The molecule has 23 heavy (non-hydrogen) atoms. The first kappa shape index (κ1) is 20.2. The molecule has 0 aromatic rings. The van der Waals surface area contributed by atoms with E-state index in [2.05, 4.69) is 19.1 Å². The lowest BCUT2D eigenvalue weighted by molar-refractivity contribution is -0.137. The number of hydrogen-bond acceptors (Lipinski definition) is 2. The third-order valence-electron chi connectivity index (χ3n) is 4.58. The first-order valence-corrected chi connectivity index (χ1v) is 9.76. The minimum atomic E-state index is -0.666. The van der Waals surface area contributed by atoms with Gasteiger partial charge in [-0.25, -0.2) is 0 Å². The highest BCUT2D eigenvalue weighted by molar-refractivity contribution is 5.66. The molecule has 0 amide bonds. The summed E-state index contributed by atoms with van der Waals surface area (Å²) in [5.41, 5.74) is 0. The van der Waals surface area contributed by atoms with Crippen LogP contribution in [0.1, 0.15) is 96.8 Å². The molecule has 1 aliphatic heterocycles. The number of aliphatic carboxylic acids is 1. The number of carboxylic acids is 1. The maximum absolute atomic E-state index is 10.4. The van der Waals surface area contributed by atoms with Crippen molar-refractivity contribution < 1.29 is 14.6 Å². The molecule has 0 saturated carbocycles. The van der Waals surface area contributed by atoms with E-state index in [0.29, 0.717) is 18.6 Å². The zero-order valence-corrected chi connectivity index (χ0v) is 15.0. The van der Waals surface area contributed by atoms with Crippen LogP contribution >= 0.6 is 0 Å². The van der Waals surface area contributed by atoms with Crippen LogP contribution in [0, 0.1) is 0 Å². The lowest BCUT2D eigenvalue weighted by Gasteiger charge is -2.00. The first-order chi connectivity index (χ1) is 11.2. The maximum Gasteiger partial charge on any atom is 0.303 e. The summed E-state index contributed by atoms with van der Waals surface area (Å²) < 4.78 is 5.68. The molecule has 0 aromatic carbocycles. The van der Waals surface area contributed by atoms with E-state index in [1.807, 2.05) is 0 Å². The molecule has 1 aliphatic rings. The first-order valence-electron chi connectivity index (χ1n) is 9.76. The van der Waals surface area contributed by atoms with Crippen molar-refractivity contribution in [1.29, 1.82) is 0 Å². The summed E-state index contributed by atoms with van der Waals surface area (Å²) in [6.07, 6.45) is 21.7. The molecule has 0 spiro atoms. The number of carboxylic acid groups (broad SMARTS) is 1. The molecule has 0 radical (unpaired) electrons. The van der Waals surface area contributed by atoms with Crippen LogP contribution in [0.2, 0.25) is 0 Å². The van der Waals surface area contributed by atoms with E-state index in [9.17, 15) is 4.79 Å². The monoisotopic (exact) mass is 324 g/mol. The van der Waals surface area contributed by atoms with Crippen molar-refractivity contribution in [1.82, 2.24) is 0 Å². The molecule has 2 unspecified atom stereocenters. The van der Waals surface area contributed by atoms with Gasteiger partial charge < -0.3 is 9.84 Å². The smallest absolute Gasteiger partial charge is 0.303 e. The van der Waals surface area contributed by atoms with Crippen molar-refractivity contribution >= 4 is 5.97 Å². The molecule has 1 saturated heterocycles. The predicted molar refractivity (Wildman–Crippen MR) is 95.7 cm³/mol. The van der Waals surface area contributed by atoms with Gasteiger partial charge >= 0.3 is 5.97 Å². The Hall–Kier alpha value is -0.830. The standard InChI is InChI=1S/C20H36O3/c1-2-3-12-15-18-19(23-18)16-13-10-8-6-4-5-7-9-11-14-17-20(21)22/h10,13,18-19H,2-9,11-12,14-17H2,1H3,(H,21,22). The Bertz CT molecular complexity index is 325. The highest BCUT2D eigenvalue weighted by atomic mass is 16.6. The minimum Gasteiger partial charge on any atom is -0.481 e. The number of rotatable bonds is 16. The molecular formula is C20H36O3. The second-order valence-electron chi connectivity index (χ2n) is 6.82. The quantitative estimate of drug-likeness (QED) is 0.219. The summed E-state index contributed by atoms with van der Waals surface area (Å²) >= 11 is 0. The number of hydrogen-bond donors (Lipinski definition) is 1. The number of ether oxygens (including phenoxy) is 1. The maximum atomic E-state index is 10.4. The Morgan fingerprint density at radius 3 is 2.30 bits per heavy atom. The summed E-state index contributed by atoms with van der Waals surface area (Å²) in [5.74, 6) is -0.666. The Kier molecular flexibility index (Phi) is 11.9. The van der Waals surface area contributed by atoms with E-state index in [1.165, 1.54) is 64.2 Å². The molecule has 3 nitrogen and oxygen atoms in total. The number of carbonyl (C=O) groups is 1. The van der Waals surface area contributed by atoms with Crippen LogP contribution in [0.3, 0.4) is 0 Å². The largest absolute Gasteiger partial charge is 0.481 e. The molecule has 3 heteroatoms. The van der Waals surface area contributed by atoms with Crippen molar-refractivity contribution in [3.05, 3.63) is 12.2 Å². The lowest BCUT2D eigenvalue weighted by atomic mass is 10.1. The minimum absolute atomic E-state index is 0.328. The molecule has 0 bridgehead atoms. The fourth-order valence-corrected chi connectivity index (χ4v) is 3.01. The Morgan fingerprint density at radius 1 is 0.913 bits per heavy atom. The second-order valence-corrected chi connectivity index (χ2v) is 6.82. The molecule has 1 heterocycles. The molecule has 0 aliphatic carbocycles. The van der Waals surface area contributed by atoms with E-state index < -0.39 is 5.97 Å². The van der Waals surface area contributed by atoms with Crippen LogP contribution < -0.4 is 0 Å². The van der Waals surface area contributed by atoms with Gasteiger partial charge in [-0.1, -0.05) is 70.4 Å². The van der Waals surface area contributed by atoms with Gasteiger partial charge in [-0.2, -0.15) is 0 Å². The van der Waals surface area contributed by atoms with Gasteiger partial charge in [0, 0.05) is 6.42 Å². The molecule has 1 N–H and O–H groups in total. The van der Waals surface area contributed by atoms with Crippen molar-refractivity contribution in [2.24, 2.45) is 0 Å². The molecular weight excluding hydrogens is 288 g/mol. The van der Waals surface area contributed by atoms with Gasteiger partial charge in [0.25, 0.3) is 0 Å². The van der Waals surface area contributed by atoms with Crippen molar-refractivity contribution in [2.45, 2.75) is 109 Å². The summed E-state index contributed by atoms with van der Waals surface area (Å²) in [5, 5.41) is 8.54. The van der Waals surface area contributed by atoms with Crippen LogP contribution in [0.25, 0.3) is 0 Å². The zero-order chi connectivity index (χ0) is 16.8. The molecule has 1 fully saturated rings. The van der Waals surface area contributed by atoms with Gasteiger partial charge in [0.05, 0.1) is 12.2 Å². The SMILES string of the molecule is CCCCCC1OC1CC=CCCCCCCCCCC(=O)O. The van der Waals surface area contributed by atoms with Crippen LogP contribution in [-0.4, -0.2) is 23.3 Å². The second kappa shape index (κ2) is 13.6. The van der Waals surface area contributed by atoms with Crippen LogP contribution in [0.4, 0.5) is 0 Å². The normalized spacial score (nSPS) is 20.2. The average Bonchev–Trinajstić information content (AvgIpc) is 3.27. The van der Waals surface area contributed by atoms with Gasteiger partial charge in [-0.3, -0.25) is 4.79 Å². The third kappa shape index (κ3) is 12.3. The topological polar surface area (TPSA) is 49.8 Å². The van der Waals surface area contributed by atoms with Gasteiger partial charge in [0.1, 0.15) is 0 Å². The van der Waals surface area contributed by atoms with Gasteiger partial charge in [-0.15, -0.1) is 0 Å². The van der Waals surface area contributed by atoms with Crippen molar-refractivity contribution in [2.75, 3.05) is 0 Å². The van der Waals surface area contributed by atoms with Gasteiger partial charge in [0.15, 0.2) is 0 Å². The fourth-order valence-electron chi connectivity index (χ4n) is 3.01. The van der Waals surface area contributed by atoms with E-state index in [0.717, 1.165) is 19.3 Å². The Labute approximate surface area is 142 Å². The van der Waals surface area contributed by atoms with E-state index >= 15 is 0 Å². The number of epoxide rings is 1. The summed E-state index contributed by atoms with van der Waals surface area (Å²) in [7, 11) is 0. The van der Waals surface area contributed by atoms with Gasteiger partial charge in [0.2, 0.25) is 0 Å². The Morgan fingerprint density at radius 2 is 1.61 bits per heavy atom. The lowest BCUT2D eigenvalue weighted by Crippen LogP contribution is -1.93. The molecule has 134 valence electrons. The number of allylic oxidation sites excluding steroid dienone is 1.